The number of fused-ring (bicyclic) bond motifs is 1. The number of anilines is 1. The van der Waals surface area contributed by atoms with Gasteiger partial charge in [0.15, 0.2) is 10.4 Å². The van der Waals surface area contributed by atoms with Crippen LogP contribution in [0.3, 0.4) is 0 Å². The molecule has 0 spiro atoms. The monoisotopic (exact) mass is 253 g/mol. The molecule has 0 unspecified atom stereocenters. The largest absolute Gasteiger partial charge is 0.378 e. The van der Waals surface area contributed by atoms with Gasteiger partial charge in [-0.15, -0.1) is 0 Å². The lowest BCUT2D eigenvalue weighted by Crippen LogP contribution is -2.38. The number of rotatable bonds is 1. The van der Waals surface area contributed by atoms with Gasteiger partial charge in [0, 0.05) is 13.1 Å². The molecule has 7 nitrogen and oxygen atoms in total. The molecule has 1 aliphatic rings. The molecule has 0 saturated carbocycles. The summed E-state index contributed by atoms with van der Waals surface area (Å²) >= 11 is 4.93. The average Bonchev–Trinajstić information content (AvgIpc) is 2.71. The molecular formula is C9H11N5O2S. The van der Waals surface area contributed by atoms with E-state index in [9.17, 15) is 4.79 Å². The summed E-state index contributed by atoms with van der Waals surface area (Å²) in [4.78, 5) is 26.5. The van der Waals surface area contributed by atoms with E-state index in [2.05, 4.69) is 19.9 Å². The Kier molecular flexibility index (Phi) is 2.45. The first-order valence-electron chi connectivity index (χ1n) is 5.29. The van der Waals surface area contributed by atoms with Gasteiger partial charge in [0.1, 0.15) is 5.52 Å². The van der Waals surface area contributed by atoms with Gasteiger partial charge in [0.05, 0.1) is 13.2 Å². The molecule has 0 aliphatic carbocycles. The predicted molar refractivity (Wildman–Crippen MR) is 64.9 cm³/mol. The van der Waals surface area contributed by atoms with Crippen LogP contribution in [0, 0.1) is 4.77 Å². The van der Waals surface area contributed by atoms with Crippen LogP contribution in [0.25, 0.3) is 11.2 Å². The van der Waals surface area contributed by atoms with Crippen molar-refractivity contribution < 1.29 is 4.74 Å². The van der Waals surface area contributed by atoms with Gasteiger partial charge < -0.3 is 19.6 Å². The van der Waals surface area contributed by atoms with Crippen molar-refractivity contribution in [3.05, 3.63) is 15.1 Å². The van der Waals surface area contributed by atoms with Crippen LogP contribution in [-0.2, 0) is 4.74 Å². The number of nitrogens with zero attached hydrogens (tertiary/aromatic N) is 2. The smallest absolute Gasteiger partial charge is 0.278 e. The Balaban J connectivity index is 2.11. The fourth-order valence-electron chi connectivity index (χ4n) is 1.84. The Morgan fingerprint density at radius 3 is 2.76 bits per heavy atom. The summed E-state index contributed by atoms with van der Waals surface area (Å²) in [6, 6.07) is 0. The summed E-state index contributed by atoms with van der Waals surface area (Å²) in [6.45, 7) is 2.73. The van der Waals surface area contributed by atoms with Crippen molar-refractivity contribution in [2.24, 2.45) is 0 Å². The standard InChI is InChI=1S/C9H11N5O2S/c15-7-5-6(12-9(17)10-5)11-8(13-7)14-1-3-16-4-2-14/h1-4H2,(H3,10,11,12,13,15,17). The minimum absolute atomic E-state index is 0.219. The van der Waals surface area contributed by atoms with Gasteiger partial charge in [-0.1, -0.05) is 0 Å². The van der Waals surface area contributed by atoms with Gasteiger partial charge in [0.2, 0.25) is 5.95 Å². The number of imidazole rings is 1. The third-order valence-corrected chi connectivity index (χ3v) is 2.89. The van der Waals surface area contributed by atoms with Crippen molar-refractivity contribution in [2.45, 2.75) is 0 Å². The second-order valence-corrected chi connectivity index (χ2v) is 4.20. The van der Waals surface area contributed by atoms with Crippen LogP contribution in [-0.4, -0.2) is 46.2 Å². The minimum atomic E-state index is -0.219. The number of morpholine rings is 1. The van der Waals surface area contributed by atoms with Crippen LogP contribution in [0.15, 0.2) is 4.79 Å². The zero-order valence-electron chi connectivity index (χ0n) is 8.95. The maximum Gasteiger partial charge on any atom is 0.278 e. The quantitative estimate of drug-likeness (QED) is 0.629. The van der Waals surface area contributed by atoms with Crippen molar-refractivity contribution >= 4 is 29.3 Å². The Bertz CT molecular complexity index is 651. The van der Waals surface area contributed by atoms with Crippen molar-refractivity contribution in [2.75, 3.05) is 31.2 Å². The Morgan fingerprint density at radius 1 is 1.24 bits per heavy atom. The predicted octanol–water partition coefficient (Wildman–Crippen LogP) is 0.145. The zero-order chi connectivity index (χ0) is 11.8. The van der Waals surface area contributed by atoms with E-state index >= 15 is 0 Å². The molecule has 3 N–H and O–H groups in total. The molecule has 1 fully saturated rings. The maximum absolute atomic E-state index is 11.8. The van der Waals surface area contributed by atoms with E-state index in [0.29, 0.717) is 35.1 Å². The van der Waals surface area contributed by atoms with Gasteiger partial charge >= 0.3 is 0 Å². The molecule has 2 aromatic rings. The van der Waals surface area contributed by atoms with E-state index in [1.165, 1.54) is 0 Å². The SMILES string of the molecule is O=c1[nH]c(N2CCOCC2)nc2[nH]c(=S)[nH]c12. The highest BCUT2D eigenvalue weighted by molar-refractivity contribution is 7.71. The molecule has 17 heavy (non-hydrogen) atoms. The van der Waals surface area contributed by atoms with E-state index < -0.39 is 0 Å². The molecule has 2 aromatic heterocycles. The van der Waals surface area contributed by atoms with Gasteiger partial charge in [0.25, 0.3) is 5.56 Å². The van der Waals surface area contributed by atoms with E-state index in [0.717, 1.165) is 13.1 Å². The second kappa shape index (κ2) is 3.97. The number of aromatic nitrogens is 4. The molecule has 0 bridgehead atoms. The molecule has 0 radical (unpaired) electrons. The molecular weight excluding hydrogens is 242 g/mol. The molecule has 3 heterocycles. The molecule has 0 aromatic carbocycles. The highest BCUT2D eigenvalue weighted by Crippen LogP contribution is 2.10. The lowest BCUT2D eigenvalue weighted by molar-refractivity contribution is 0.122. The summed E-state index contributed by atoms with van der Waals surface area (Å²) in [5.41, 5.74) is 0.649. The fourth-order valence-corrected chi connectivity index (χ4v) is 2.04. The normalized spacial score (nSPS) is 16.6. The van der Waals surface area contributed by atoms with Crippen LogP contribution >= 0.6 is 12.2 Å². The van der Waals surface area contributed by atoms with E-state index in [1.807, 2.05) is 4.90 Å². The third kappa shape index (κ3) is 1.85. The van der Waals surface area contributed by atoms with Gasteiger partial charge in [-0.25, -0.2) is 0 Å². The maximum atomic E-state index is 11.8. The number of ether oxygens (including phenoxy) is 1. The summed E-state index contributed by atoms with van der Waals surface area (Å²) in [5.74, 6) is 0.552. The van der Waals surface area contributed by atoms with Crippen LogP contribution in [0.5, 0.6) is 0 Å². The van der Waals surface area contributed by atoms with E-state index in [1.54, 1.807) is 0 Å². The summed E-state index contributed by atoms with van der Waals surface area (Å²) in [6.07, 6.45) is 0. The van der Waals surface area contributed by atoms with Crippen LogP contribution in [0.1, 0.15) is 0 Å². The summed E-state index contributed by atoms with van der Waals surface area (Å²) in [7, 11) is 0. The molecule has 8 heteroatoms. The second-order valence-electron chi connectivity index (χ2n) is 3.79. The third-order valence-electron chi connectivity index (χ3n) is 2.69. The molecule has 1 saturated heterocycles. The van der Waals surface area contributed by atoms with Crippen molar-refractivity contribution in [3.63, 3.8) is 0 Å². The number of aromatic amines is 3. The first-order chi connectivity index (χ1) is 8.24. The Hall–Kier alpha value is -1.67. The van der Waals surface area contributed by atoms with Gasteiger partial charge in [-0.3, -0.25) is 9.78 Å². The van der Waals surface area contributed by atoms with Crippen molar-refractivity contribution in [3.8, 4) is 0 Å². The summed E-state index contributed by atoms with van der Waals surface area (Å²) < 4.78 is 5.65. The average molecular weight is 253 g/mol. The van der Waals surface area contributed by atoms with Crippen LogP contribution in [0.4, 0.5) is 5.95 Å². The number of hydrogen-bond acceptors (Lipinski definition) is 5. The minimum Gasteiger partial charge on any atom is -0.378 e. The lowest BCUT2D eigenvalue weighted by Gasteiger charge is -2.26. The van der Waals surface area contributed by atoms with Crippen molar-refractivity contribution in [1.82, 2.24) is 19.9 Å². The topological polar surface area (TPSA) is 89.8 Å². The highest BCUT2D eigenvalue weighted by atomic mass is 32.1. The first-order valence-corrected chi connectivity index (χ1v) is 5.70. The molecule has 90 valence electrons. The number of H-pyrrole nitrogens is 3. The van der Waals surface area contributed by atoms with Gasteiger partial charge in [-0.05, 0) is 12.2 Å². The summed E-state index contributed by atoms with van der Waals surface area (Å²) in [5, 5.41) is 0. The highest BCUT2D eigenvalue weighted by Gasteiger charge is 2.15. The lowest BCUT2D eigenvalue weighted by atomic mass is 10.4. The van der Waals surface area contributed by atoms with Crippen LogP contribution in [0.2, 0.25) is 0 Å². The zero-order valence-corrected chi connectivity index (χ0v) is 9.76. The van der Waals surface area contributed by atoms with E-state index in [-0.39, 0.29) is 5.56 Å². The number of hydrogen-bond donors (Lipinski definition) is 3. The van der Waals surface area contributed by atoms with Gasteiger partial charge in [-0.2, -0.15) is 4.98 Å². The Labute approximate surface area is 101 Å². The first kappa shape index (κ1) is 10.5. The number of nitrogens with one attached hydrogen (secondary N) is 3. The van der Waals surface area contributed by atoms with Crippen molar-refractivity contribution in [1.29, 1.82) is 0 Å². The fraction of sp³-hybridized carbons (Fsp3) is 0.444. The van der Waals surface area contributed by atoms with Crippen LogP contribution < -0.4 is 10.5 Å². The molecule has 3 rings (SSSR count). The molecule has 0 atom stereocenters. The molecule has 0 amide bonds. The van der Waals surface area contributed by atoms with E-state index in [4.69, 9.17) is 17.0 Å². The molecule has 1 aliphatic heterocycles. The Morgan fingerprint density at radius 2 is 2.00 bits per heavy atom.